The molecule has 19 nitrogen and oxygen atoms in total. The van der Waals surface area contributed by atoms with E-state index in [9.17, 15) is 61.0 Å². The molecule has 19 heteroatoms. The van der Waals surface area contributed by atoms with Crippen molar-refractivity contribution in [2.75, 3.05) is 26.4 Å². The molecule has 548 valence electrons. The van der Waals surface area contributed by atoms with Gasteiger partial charge in [-0.15, -0.1) is 0 Å². The first-order chi connectivity index (χ1) is 45.8. The number of aliphatic hydroxyl groups excluding tert-OH is 11. The van der Waals surface area contributed by atoms with E-state index in [4.69, 9.17) is 28.4 Å². The molecule has 17 unspecified atom stereocenters. The third-order valence-electron chi connectivity index (χ3n) is 18.5. The van der Waals surface area contributed by atoms with Crippen molar-refractivity contribution in [3.8, 4) is 0 Å². The molecule has 0 radical (unpaired) electrons. The van der Waals surface area contributed by atoms with Gasteiger partial charge in [-0.3, -0.25) is 4.79 Å². The summed E-state index contributed by atoms with van der Waals surface area (Å²) < 4.78 is 34.4. The molecule has 3 heterocycles. The zero-order valence-corrected chi connectivity index (χ0v) is 58.2. The summed E-state index contributed by atoms with van der Waals surface area (Å²) in [5, 5.41) is 121. The van der Waals surface area contributed by atoms with Crippen LogP contribution in [0.3, 0.4) is 0 Å². The minimum Gasteiger partial charge on any atom is -0.394 e. The van der Waals surface area contributed by atoms with Crippen molar-refractivity contribution in [2.24, 2.45) is 0 Å². The Morgan fingerprint density at radius 1 is 0.383 bits per heavy atom. The molecule has 0 spiro atoms. The highest BCUT2D eigenvalue weighted by atomic mass is 16.8. The van der Waals surface area contributed by atoms with Crippen molar-refractivity contribution in [2.45, 2.75) is 381 Å². The van der Waals surface area contributed by atoms with Crippen LogP contribution < -0.4 is 5.32 Å². The van der Waals surface area contributed by atoms with E-state index in [0.29, 0.717) is 12.8 Å². The van der Waals surface area contributed by atoms with Crippen LogP contribution in [0.25, 0.3) is 0 Å². The van der Waals surface area contributed by atoms with Crippen LogP contribution in [0, 0.1) is 0 Å². The minimum absolute atomic E-state index is 0.225. The summed E-state index contributed by atoms with van der Waals surface area (Å²) in [5.74, 6) is -0.292. The van der Waals surface area contributed by atoms with Crippen molar-refractivity contribution in [3.63, 3.8) is 0 Å². The summed E-state index contributed by atoms with van der Waals surface area (Å²) in [6.07, 6.45) is 43.4. The van der Waals surface area contributed by atoms with Crippen molar-refractivity contribution in [1.82, 2.24) is 5.32 Å². The van der Waals surface area contributed by atoms with E-state index in [1.54, 1.807) is 6.08 Å². The van der Waals surface area contributed by atoms with Crippen molar-refractivity contribution in [3.05, 3.63) is 60.8 Å². The van der Waals surface area contributed by atoms with Gasteiger partial charge in [0.1, 0.15) is 73.2 Å². The van der Waals surface area contributed by atoms with E-state index in [0.717, 1.165) is 64.2 Å². The van der Waals surface area contributed by atoms with Crippen LogP contribution in [0.15, 0.2) is 60.8 Å². The van der Waals surface area contributed by atoms with E-state index in [-0.39, 0.29) is 18.9 Å². The number of hydrogen-bond acceptors (Lipinski definition) is 18. The normalized spacial score (nSPS) is 27.7. The molecule has 3 aliphatic heterocycles. The van der Waals surface area contributed by atoms with Crippen molar-refractivity contribution in [1.29, 1.82) is 0 Å². The lowest BCUT2D eigenvalue weighted by Crippen LogP contribution is -2.66. The van der Waals surface area contributed by atoms with Crippen LogP contribution >= 0.6 is 0 Å². The van der Waals surface area contributed by atoms with Crippen LogP contribution in [0.2, 0.25) is 0 Å². The number of amides is 1. The predicted molar refractivity (Wildman–Crippen MR) is 369 cm³/mol. The minimum atomic E-state index is -1.98. The topological polar surface area (TPSA) is 307 Å². The summed E-state index contributed by atoms with van der Waals surface area (Å²) in [5.41, 5.74) is 0. The molecule has 17 atom stereocenters. The number of carbonyl (C=O) groups excluding carboxylic acids is 1. The summed E-state index contributed by atoms with van der Waals surface area (Å²) >= 11 is 0. The second-order valence-corrected chi connectivity index (χ2v) is 26.7. The van der Waals surface area contributed by atoms with Gasteiger partial charge in [0.2, 0.25) is 5.91 Å². The SMILES string of the molecule is CCCCCCC/C=C\C/C=C\C/C=C\CCCCCCCCCCC(=O)NC(COC1OC(CO)C(OC2OC(CO)C(OC3OC(CO)C(O)C(O)C3O)C(O)C2O)C(O)C1O)C(O)/C=C/CC/C=C/CCCCCCCCCCCCCCCCCCCCCC. The van der Waals surface area contributed by atoms with E-state index in [2.05, 4.69) is 67.8 Å². The van der Waals surface area contributed by atoms with Gasteiger partial charge in [-0.1, -0.05) is 261 Å². The Kier molecular flexibility index (Phi) is 51.3. The number of rotatable bonds is 58. The first kappa shape index (κ1) is 85.7. The standard InChI is InChI=1S/C75H135NO18/c1-3-5-7-9-11-13-15-17-19-21-23-25-27-28-29-31-32-34-36-38-40-42-44-46-48-50-52-59(80)58(76-63(81)53-51-49-47-45-43-41-39-37-35-33-30-26-24-22-20-18-16-14-12-10-8-6-4-2)57-89-73-69(87)66(84)71(61(55-78)91-73)94-75-70(88)67(85)72(62(56-79)92-75)93-74-68(86)65(83)64(82)60(54-77)90-74/h16,18,22,24,30,33,42,44,50,52,58-62,64-75,77-80,82-88H,3-15,17,19-21,23,25-29,31-32,34-41,43,45-49,51,53-57H2,1-2H3,(H,76,81)/b18-16-,24-22-,33-30-,44-42+,52-50+. The third-order valence-corrected chi connectivity index (χ3v) is 18.5. The molecule has 3 fully saturated rings. The summed E-state index contributed by atoms with van der Waals surface area (Å²) in [4.78, 5) is 13.4. The molecule has 0 aliphatic carbocycles. The lowest BCUT2D eigenvalue weighted by Gasteiger charge is -2.48. The molecule has 3 rings (SSSR count). The van der Waals surface area contributed by atoms with Gasteiger partial charge in [-0.25, -0.2) is 0 Å². The van der Waals surface area contributed by atoms with Crippen molar-refractivity contribution >= 4 is 5.91 Å². The lowest BCUT2D eigenvalue weighted by molar-refractivity contribution is -0.379. The van der Waals surface area contributed by atoms with Crippen LogP contribution in [-0.4, -0.2) is 193 Å². The molecular weight excluding hydrogens is 1200 g/mol. The van der Waals surface area contributed by atoms with Crippen molar-refractivity contribution < 1.29 is 89.4 Å². The molecule has 0 bridgehead atoms. The molecular formula is C75H135NO18. The van der Waals surface area contributed by atoms with Gasteiger partial charge >= 0.3 is 0 Å². The maximum Gasteiger partial charge on any atom is 0.220 e. The highest BCUT2D eigenvalue weighted by Gasteiger charge is 2.53. The number of aliphatic hydroxyl groups is 11. The molecule has 0 saturated carbocycles. The maximum absolute atomic E-state index is 13.4. The Morgan fingerprint density at radius 2 is 0.713 bits per heavy atom. The average Bonchev–Trinajstić information content (AvgIpc) is 0.787. The zero-order valence-electron chi connectivity index (χ0n) is 58.2. The number of carbonyl (C=O) groups is 1. The van der Waals surface area contributed by atoms with E-state index in [1.165, 1.54) is 180 Å². The van der Waals surface area contributed by atoms with Gasteiger partial charge in [0.25, 0.3) is 0 Å². The second-order valence-electron chi connectivity index (χ2n) is 26.7. The third kappa shape index (κ3) is 37.1. The Labute approximate surface area is 566 Å². The number of hydrogen-bond donors (Lipinski definition) is 12. The first-order valence-electron chi connectivity index (χ1n) is 37.5. The molecule has 3 aliphatic rings. The van der Waals surface area contributed by atoms with Gasteiger partial charge in [-0.05, 0) is 70.6 Å². The van der Waals surface area contributed by atoms with Gasteiger partial charge in [0, 0.05) is 6.42 Å². The molecule has 12 N–H and O–H groups in total. The van der Waals surface area contributed by atoms with E-state index in [1.807, 2.05) is 6.08 Å². The predicted octanol–water partition coefficient (Wildman–Crippen LogP) is 11.1. The van der Waals surface area contributed by atoms with Crippen LogP contribution in [0.5, 0.6) is 0 Å². The molecule has 94 heavy (non-hydrogen) atoms. The number of unbranched alkanes of at least 4 members (excludes halogenated alkanes) is 34. The first-order valence-corrected chi connectivity index (χ1v) is 37.5. The van der Waals surface area contributed by atoms with Crippen LogP contribution in [-0.2, 0) is 33.2 Å². The number of nitrogens with one attached hydrogen (secondary N) is 1. The molecule has 0 aromatic heterocycles. The largest absolute Gasteiger partial charge is 0.394 e. The average molecular weight is 1340 g/mol. The monoisotopic (exact) mass is 1340 g/mol. The van der Waals surface area contributed by atoms with Crippen LogP contribution in [0.4, 0.5) is 0 Å². The number of ether oxygens (including phenoxy) is 6. The summed E-state index contributed by atoms with van der Waals surface area (Å²) in [6, 6.07) is -0.998. The smallest absolute Gasteiger partial charge is 0.220 e. The zero-order chi connectivity index (χ0) is 68.2. The quantitative estimate of drug-likeness (QED) is 0.0199. The summed E-state index contributed by atoms with van der Waals surface area (Å²) in [6.45, 7) is 1.72. The fourth-order valence-electron chi connectivity index (χ4n) is 12.5. The van der Waals surface area contributed by atoms with E-state index < -0.39 is 124 Å². The Bertz CT molecular complexity index is 1940. The molecule has 1 amide bonds. The Hall–Kier alpha value is -2.51. The Balaban J connectivity index is 1.43. The Morgan fingerprint density at radius 3 is 1.14 bits per heavy atom. The molecule has 3 saturated heterocycles. The van der Waals surface area contributed by atoms with Gasteiger partial charge in [0.05, 0.1) is 38.6 Å². The van der Waals surface area contributed by atoms with E-state index >= 15 is 0 Å². The lowest BCUT2D eigenvalue weighted by atomic mass is 9.96. The van der Waals surface area contributed by atoms with Gasteiger partial charge in [-0.2, -0.15) is 0 Å². The fraction of sp³-hybridized carbons (Fsp3) is 0.853. The molecule has 0 aromatic rings. The van der Waals surface area contributed by atoms with Gasteiger partial charge in [0.15, 0.2) is 18.9 Å². The summed E-state index contributed by atoms with van der Waals surface area (Å²) in [7, 11) is 0. The number of allylic oxidation sites excluding steroid dienone is 9. The highest BCUT2D eigenvalue weighted by Crippen LogP contribution is 2.33. The van der Waals surface area contributed by atoms with Crippen LogP contribution in [0.1, 0.15) is 277 Å². The van der Waals surface area contributed by atoms with Gasteiger partial charge < -0.3 is 89.9 Å². The molecule has 0 aromatic carbocycles. The highest BCUT2D eigenvalue weighted by molar-refractivity contribution is 5.76. The second kappa shape index (κ2) is 56.3. The fourth-order valence-corrected chi connectivity index (χ4v) is 12.5. The maximum atomic E-state index is 13.4.